The monoisotopic (exact) mass is 564 g/mol. The van der Waals surface area contributed by atoms with Crippen molar-refractivity contribution >= 4 is 40.1 Å². The molecule has 3 aliphatic rings. The van der Waals surface area contributed by atoms with E-state index >= 15 is 0 Å². The first kappa shape index (κ1) is 26.5. The molecule has 4 heterocycles. The van der Waals surface area contributed by atoms with Crippen LogP contribution in [0, 0.1) is 5.92 Å². The Morgan fingerprint density at radius 3 is 2.58 bits per heavy atom. The zero-order valence-electron chi connectivity index (χ0n) is 21.8. The molecule has 9 nitrogen and oxygen atoms in total. The largest absolute Gasteiger partial charge is 0.481 e. The third kappa shape index (κ3) is 5.35. The number of halogens is 1. The Labute approximate surface area is 234 Å². The zero-order valence-corrected chi connectivity index (χ0v) is 22.6. The highest BCUT2D eigenvalue weighted by Gasteiger charge is 2.46. The molecule has 11 heteroatoms. The van der Waals surface area contributed by atoms with Crippen LogP contribution in [-0.2, 0) is 19.1 Å². The molecule has 1 aliphatic carbocycles. The summed E-state index contributed by atoms with van der Waals surface area (Å²) in [5.74, 6) is -1.82. The van der Waals surface area contributed by atoms with E-state index in [-0.39, 0.29) is 31.6 Å². The molecule has 2 saturated heterocycles. The third-order valence-electron chi connectivity index (χ3n) is 7.56. The van der Waals surface area contributed by atoms with Crippen LogP contribution in [-0.4, -0.2) is 64.3 Å². The molecule has 6 rings (SSSR count). The number of nitrogens with zero attached hydrogens (tertiary/aromatic N) is 4. The number of thiazole rings is 1. The van der Waals surface area contributed by atoms with Crippen molar-refractivity contribution in [1.82, 2.24) is 9.97 Å². The summed E-state index contributed by atoms with van der Waals surface area (Å²) in [5, 5.41) is 11.8. The molecule has 2 aromatic heterocycles. The van der Waals surface area contributed by atoms with Crippen molar-refractivity contribution in [2.24, 2.45) is 5.92 Å². The van der Waals surface area contributed by atoms with Crippen molar-refractivity contribution in [2.75, 3.05) is 29.6 Å². The minimum absolute atomic E-state index is 0.0729. The lowest BCUT2D eigenvalue weighted by atomic mass is 9.87. The standard InChI is InChI=1S/C29H29FN4O5S/c30-29(16-39-17-29)13-19(12-26(36)37)27(38)34(20-8-9-20)28-32-23(15-40-28)22-5-2-1-4-21(22)18-7-10-24(31-14-18)33-11-3-6-25(33)35/h1-2,4-5,7,10,14-15,19-20H,3,6,8-9,11-13,16-17H2,(H,36,37). The Morgan fingerprint density at radius 2 is 1.98 bits per heavy atom. The van der Waals surface area contributed by atoms with E-state index in [9.17, 15) is 23.9 Å². The summed E-state index contributed by atoms with van der Waals surface area (Å²) >= 11 is 1.31. The smallest absolute Gasteiger partial charge is 0.304 e. The van der Waals surface area contributed by atoms with E-state index in [1.54, 1.807) is 16.0 Å². The molecule has 1 unspecified atom stereocenters. The van der Waals surface area contributed by atoms with E-state index in [4.69, 9.17) is 9.72 Å². The van der Waals surface area contributed by atoms with Crippen LogP contribution in [0.25, 0.3) is 22.4 Å². The van der Waals surface area contributed by atoms with Gasteiger partial charge in [-0.1, -0.05) is 24.3 Å². The molecular formula is C29H29FN4O5S. The van der Waals surface area contributed by atoms with Gasteiger partial charge in [-0.25, -0.2) is 14.4 Å². The highest BCUT2D eigenvalue weighted by molar-refractivity contribution is 7.14. The van der Waals surface area contributed by atoms with Crippen LogP contribution in [0.1, 0.15) is 38.5 Å². The van der Waals surface area contributed by atoms with E-state index in [0.29, 0.717) is 29.6 Å². The molecule has 3 aromatic rings. The number of anilines is 2. The molecule has 1 atom stereocenters. The minimum Gasteiger partial charge on any atom is -0.481 e. The molecular weight excluding hydrogens is 535 g/mol. The molecule has 0 spiro atoms. The van der Waals surface area contributed by atoms with Crippen LogP contribution in [0.4, 0.5) is 15.3 Å². The van der Waals surface area contributed by atoms with E-state index in [2.05, 4.69) is 4.98 Å². The number of pyridine rings is 1. The number of amides is 2. The first-order valence-electron chi connectivity index (χ1n) is 13.4. The summed E-state index contributed by atoms with van der Waals surface area (Å²) in [6, 6.07) is 11.5. The third-order valence-corrected chi connectivity index (χ3v) is 8.40. The van der Waals surface area contributed by atoms with Gasteiger partial charge < -0.3 is 9.84 Å². The van der Waals surface area contributed by atoms with Crippen molar-refractivity contribution in [3.63, 3.8) is 0 Å². The number of carboxylic acids is 1. The number of carbonyl (C=O) groups excluding carboxylic acids is 2. The Bertz CT molecular complexity index is 1440. The number of ether oxygens (including phenoxy) is 1. The first-order chi connectivity index (χ1) is 19.3. The average molecular weight is 565 g/mol. The van der Waals surface area contributed by atoms with E-state index in [1.165, 1.54) is 11.3 Å². The van der Waals surface area contributed by atoms with Crippen LogP contribution < -0.4 is 9.80 Å². The molecule has 40 heavy (non-hydrogen) atoms. The van der Waals surface area contributed by atoms with E-state index in [1.807, 2.05) is 41.8 Å². The maximum Gasteiger partial charge on any atom is 0.304 e. The SMILES string of the molecule is O=C(O)CC(CC1(F)COC1)C(=O)N(c1nc(-c2ccccc2-c2ccc(N3CCCC3=O)nc2)cs1)C1CC1. The van der Waals surface area contributed by atoms with Gasteiger partial charge in [0.1, 0.15) is 5.82 Å². The van der Waals surface area contributed by atoms with Crippen LogP contribution in [0.2, 0.25) is 0 Å². The second kappa shape index (κ2) is 10.7. The maximum absolute atomic E-state index is 14.9. The molecule has 2 aliphatic heterocycles. The molecule has 1 aromatic carbocycles. The van der Waals surface area contributed by atoms with Gasteiger partial charge in [-0.05, 0) is 43.4 Å². The van der Waals surface area contributed by atoms with Gasteiger partial charge >= 0.3 is 5.97 Å². The van der Waals surface area contributed by atoms with Crippen LogP contribution in [0.15, 0.2) is 48.0 Å². The molecule has 208 valence electrons. The van der Waals surface area contributed by atoms with Gasteiger partial charge in [-0.3, -0.25) is 24.2 Å². The quantitative estimate of drug-likeness (QED) is 0.379. The summed E-state index contributed by atoms with van der Waals surface area (Å²) < 4.78 is 19.9. The number of hydrogen-bond acceptors (Lipinski definition) is 7. The van der Waals surface area contributed by atoms with Gasteiger partial charge in [-0.2, -0.15) is 0 Å². The lowest BCUT2D eigenvalue weighted by molar-refractivity contribution is -0.153. The Balaban J connectivity index is 1.27. The molecule has 2 amide bonds. The van der Waals surface area contributed by atoms with E-state index < -0.39 is 29.9 Å². The molecule has 1 N–H and O–H groups in total. The van der Waals surface area contributed by atoms with Crippen molar-refractivity contribution in [3.05, 3.63) is 48.0 Å². The van der Waals surface area contributed by atoms with Gasteiger partial charge in [0.05, 0.1) is 31.2 Å². The predicted molar refractivity (Wildman–Crippen MR) is 148 cm³/mol. The lowest BCUT2D eigenvalue weighted by Gasteiger charge is -2.36. The maximum atomic E-state index is 14.9. The first-order valence-corrected chi connectivity index (χ1v) is 14.3. The zero-order chi connectivity index (χ0) is 27.9. The summed E-state index contributed by atoms with van der Waals surface area (Å²) in [7, 11) is 0. The summed E-state index contributed by atoms with van der Waals surface area (Å²) in [6.07, 6.45) is 4.07. The second-order valence-corrected chi connectivity index (χ2v) is 11.5. The fraction of sp³-hybridized carbons (Fsp3) is 0.414. The molecule has 0 bridgehead atoms. The molecule has 3 fully saturated rings. The fourth-order valence-electron chi connectivity index (χ4n) is 5.35. The Hall–Kier alpha value is -3.70. The summed E-state index contributed by atoms with van der Waals surface area (Å²) in [4.78, 5) is 50.0. The highest BCUT2D eigenvalue weighted by atomic mass is 32.1. The molecule has 0 radical (unpaired) electrons. The van der Waals surface area contributed by atoms with Crippen LogP contribution in [0.3, 0.4) is 0 Å². The van der Waals surface area contributed by atoms with Crippen molar-refractivity contribution in [3.8, 4) is 22.4 Å². The fourth-order valence-corrected chi connectivity index (χ4v) is 6.25. The number of aromatic nitrogens is 2. The predicted octanol–water partition coefficient (Wildman–Crippen LogP) is 4.71. The summed E-state index contributed by atoms with van der Waals surface area (Å²) in [6.45, 7) is 0.428. The number of hydrogen-bond donors (Lipinski definition) is 1. The topological polar surface area (TPSA) is 113 Å². The van der Waals surface area contributed by atoms with Crippen LogP contribution >= 0.6 is 11.3 Å². The van der Waals surface area contributed by atoms with Gasteiger partial charge in [0.15, 0.2) is 10.8 Å². The van der Waals surface area contributed by atoms with Crippen molar-refractivity contribution in [1.29, 1.82) is 0 Å². The van der Waals surface area contributed by atoms with E-state index in [0.717, 1.165) is 36.0 Å². The lowest BCUT2D eigenvalue weighted by Crippen LogP contribution is -2.50. The normalized spacial score (nSPS) is 18.8. The van der Waals surface area contributed by atoms with Gasteiger partial charge in [0.2, 0.25) is 11.8 Å². The van der Waals surface area contributed by atoms with Gasteiger partial charge in [-0.15, -0.1) is 11.3 Å². The summed E-state index contributed by atoms with van der Waals surface area (Å²) in [5.41, 5.74) is 1.63. The van der Waals surface area contributed by atoms with Gasteiger partial charge in [0.25, 0.3) is 0 Å². The molecule has 1 saturated carbocycles. The Kier molecular flexibility index (Phi) is 7.09. The van der Waals surface area contributed by atoms with Crippen LogP contribution in [0.5, 0.6) is 0 Å². The number of rotatable bonds is 10. The van der Waals surface area contributed by atoms with Crippen molar-refractivity contribution in [2.45, 2.75) is 50.2 Å². The number of carboxylic acid groups (broad SMARTS) is 1. The number of aliphatic carboxylic acids is 1. The number of alkyl halides is 1. The number of carbonyl (C=O) groups is 3. The second-order valence-electron chi connectivity index (χ2n) is 10.7. The number of benzene rings is 1. The highest BCUT2D eigenvalue weighted by Crippen LogP contribution is 2.41. The van der Waals surface area contributed by atoms with Crippen molar-refractivity contribution < 1.29 is 28.6 Å². The van der Waals surface area contributed by atoms with Gasteiger partial charge in [0, 0.05) is 41.7 Å². The average Bonchev–Trinajstić information content (AvgIpc) is 3.47. The minimum atomic E-state index is -1.68. The Morgan fingerprint density at radius 1 is 1.20 bits per heavy atom.